The van der Waals surface area contributed by atoms with Crippen molar-refractivity contribution in [2.45, 2.75) is 32.7 Å². The Bertz CT molecular complexity index is 492. The van der Waals surface area contributed by atoms with Gasteiger partial charge in [-0.2, -0.15) is 0 Å². The van der Waals surface area contributed by atoms with Crippen molar-refractivity contribution in [2.24, 2.45) is 5.92 Å². The number of rotatable bonds is 1. The van der Waals surface area contributed by atoms with E-state index in [0.717, 1.165) is 12.0 Å². The molecule has 3 rings (SSSR count). The summed E-state index contributed by atoms with van der Waals surface area (Å²) in [6, 6.07) is 2.85. The number of hydrogen-bond donors (Lipinski definition) is 0. The molecule has 0 bridgehead atoms. The van der Waals surface area contributed by atoms with Crippen LogP contribution in [0.25, 0.3) is 10.9 Å². The van der Waals surface area contributed by atoms with E-state index in [1.165, 1.54) is 29.3 Å². The molecule has 0 N–H and O–H groups in total. The Kier molecular flexibility index (Phi) is 1.84. The Labute approximate surface area is 89.9 Å². The molecule has 1 aliphatic carbocycles. The maximum atomic E-state index is 4.19. The standard InChI is InChI=1S/C13H16N2/c1-9-5-11(6-9)15-8-10(2)12-7-14-4-3-13(12)15/h3-4,7-9,11H,5-6H2,1-2H3. The molecular weight excluding hydrogens is 184 g/mol. The van der Waals surface area contributed by atoms with Gasteiger partial charge in [-0.3, -0.25) is 4.98 Å². The first kappa shape index (κ1) is 8.96. The van der Waals surface area contributed by atoms with Crippen LogP contribution in [0.3, 0.4) is 0 Å². The third-order valence-electron chi connectivity index (χ3n) is 3.58. The summed E-state index contributed by atoms with van der Waals surface area (Å²) in [5.74, 6) is 0.898. The molecule has 2 nitrogen and oxygen atoms in total. The van der Waals surface area contributed by atoms with E-state index in [2.05, 4.69) is 35.7 Å². The van der Waals surface area contributed by atoms with Crippen molar-refractivity contribution in [3.05, 3.63) is 30.2 Å². The van der Waals surface area contributed by atoms with Crippen LogP contribution in [-0.2, 0) is 0 Å². The normalized spacial score (nSPS) is 25.5. The van der Waals surface area contributed by atoms with Crippen LogP contribution in [0.5, 0.6) is 0 Å². The minimum atomic E-state index is 0.721. The molecule has 1 aliphatic rings. The first-order valence-electron chi connectivity index (χ1n) is 5.67. The molecule has 2 aromatic rings. The van der Waals surface area contributed by atoms with E-state index in [9.17, 15) is 0 Å². The summed E-state index contributed by atoms with van der Waals surface area (Å²) >= 11 is 0. The number of hydrogen-bond acceptors (Lipinski definition) is 1. The Morgan fingerprint density at radius 1 is 1.40 bits per heavy atom. The van der Waals surface area contributed by atoms with Gasteiger partial charge in [-0.05, 0) is 37.3 Å². The van der Waals surface area contributed by atoms with Gasteiger partial charge in [-0.15, -0.1) is 0 Å². The predicted molar refractivity (Wildman–Crippen MR) is 61.9 cm³/mol. The number of nitrogens with zero attached hydrogens (tertiary/aromatic N) is 2. The molecule has 2 heterocycles. The molecule has 2 heteroatoms. The van der Waals surface area contributed by atoms with Crippen LogP contribution in [0.1, 0.15) is 31.4 Å². The highest BCUT2D eigenvalue weighted by Crippen LogP contribution is 2.39. The zero-order valence-corrected chi connectivity index (χ0v) is 9.27. The van der Waals surface area contributed by atoms with E-state index in [1.807, 2.05) is 12.4 Å². The fourth-order valence-electron chi connectivity index (χ4n) is 2.65. The largest absolute Gasteiger partial charge is 0.344 e. The van der Waals surface area contributed by atoms with Crippen molar-refractivity contribution >= 4 is 10.9 Å². The maximum Gasteiger partial charge on any atom is 0.0516 e. The highest BCUT2D eigenvalue weighted by Gasteiger charge is 2.27. The van der Waals surface area contributed by atoms with Gasteiger partial charge in [-0.25, -0.2) is 0 Å². The fraction of sp³-hybridized carbons (Fsp3) is 0.462. The Balaban J connectivity index is 2.11. The fourth-order valence-corrected chi connectivity index (χ4v) is 2.65. The van der Waals surface area contributed by atoms with E-state index < -0.39 is 0 Å². The number of pyridine rings is 1. The molecular formula is C13H16N2. The molecule has 78 valence electrons. The summed E-state index contributed by atoms with van der Waals surface area (Å²) in [5.41, 5.74) is 2.69. The van der Waals surface area contributed by atoms with E-state index in [1.54, 1.807) is 0 Å². The van der Waals surface area contributed by atoms with Crippen molar-refractivity contribution in [3.8, 4) is 0 Å². The summed E-state index contributed by atoms with van der Waals surface area (Å²) in [6.45, 7) is 4.50. The molecule has 0 aliphatic heterocycles. The first-order valence-corrected chi connectivity index (χ1v) is 5.67. The number of aryl methyl sites for hydroxylation is 1. The van der Waals surface area contributed by atoms with Crippen molar-refractivity contribution in [2.75, 3.05) is 0 Å². The molecule has 0 unspecified atom stereocenters. The average Bonchev–Trinajstić information content (AvgIpc) is 2.52. The molecule has 0 spiro atoms. The van der Waals surface area contributed by atoms with Crippen molar-refractivity contribution in [1.82, 2.24) is 9.55 Å². The smallest absolute Gasteiger partial charge is 0.0516 e. The van der Waals surface area contributed by atoms with Gasteiger partial charge in [0.2, 0.25) is 0 Å². The van der Waals surface area contributed by atoms with E-state index in [0.29, 0.717) is 0 Å². The molecule has 2 aromatic heterocycles. The second kappa shape index (κ2) is 3.09. The van der Waals surface area contributed by atoms with Crippen molar-refractivity contribution in [3.63, 3.8) is 0 Å². The molecule has 1 fully saturated rings. The second-order valence-electron chi connectivity index (χ2n) is 4.84. The van der Waals surface area contributed by atoms with E-state index >= 15 is 0 Å². The zero-order chi connectivity index (χ0) is 10.4. The number of aromatic nitrogens is 2. The van der Waals surface area contributed by atoms with Crippen LogP contribution < -0.4 is 0 Å². The van der Waals surface area contributed by atoms with Crippen LogP contribution in [0.15, 0.2) is 24.7 Å². The predicted octanol–water partition coefficient (Wildman–Crippen LogP) is 3.32. The van der Waals surface area contributed by atoms with Crippen LogP contribution in [-0.4, -0.2) is 9.55 Å². The van der Waals surface area contributed by atoms with Crippen LogP contribution in [0.2, 0.25) is 0 Å². The number of fused-ring (bicyclic) bond motifs is 1. The molecule has 0 saturated heterocycles. The summed E-state index contributed by atoms with van der Waals surface area (Å²) in [6.07, 6.45) is 8.80. The molecule has 0 radical (unpaired) electrons. The van der Waals surface area contributed by atoms with Gasteiger partial charge in [-0.1, -0.05) is 6.92 Å². The molecule has 0 amide bonds. The topological polar surface area (TPSA) is 17.8 Å². The average molecular weight is 200 g/mol. The Morgan fingerprint density at radius 3 is 2.93 bits per heavy atom. The minimum absolute atomic E-state index is 0.721. The quantitative estimate of drug-likeness (QED) is 0.690. The summed E-state index contributed by atoms with van der Waals surface area (Å²) in [5, 5.41) is 1.30. The molecule has 0 aromatic carbocycles. The highest BCUT2D eigenvalue weighted by molar-refractivity contribution is 5.82. The summed E-state index contributed by atoms with van der Waals surface area (Å²) < 4.78 is 2.44. The van der Waals surface area contributed by atoms with Gasteiger partial charge in [0.05, 0.1) is 5.52 Å². The van der Waals surface area contributed by atoms with Crippen LogP contribution in [0, 0.1) is 12.8 Å². The van der Waals surface area contributed by atoms with Crippen LogP contribution >= 0.6 is 0 Å². The lowest BCUT2D eigenvalue weighted by atomic mass is 9.81. The lowest BCUT2D eigenvalue weighted by molar-refractivity contribution is 0.221. The van der Waals surface area contributed by atoms with Gasteiger partial charge in [0.15, 0.2) is 0 Å². The third-order valence-corrected chi connectivity index (χ3v) is 3.58. The van der Waals surface area contributed by atoms with E-state index in [-0.39, 0.29) is 0 Å². The summed E-state index contributed by atoms with van der Waals surface area (Å²) in [4.78, 5) is 4.19. The molecule has 1 saturated carbocycles. The van der Waals surface area contributed by atoms with Gasteiger partial charge in [0.25, 0.3) is 0 Å². The lowest BCUT2D eigenvalue weighted by Gasteiger charge is -2.34. The van der Waals surface area contributed by atoms with E-state index in [4.69, 9.17) is 0 Å². The van der Waals surface area contributed by atoms with Gasteiger partial charge in [0.1, 0.15) is 0 Å². The molecule has 15 heavy (non-hydrogen) atoms. The molecule has 0 atom stereocenters. The third kappa shape index (κ3) is 1.28. The van der Waals surface area contributed by atoms with Gasteiger partial charge >= 0.3 is 0 Å². The highest BCUT2D eigenvalue weighted by atomic mass is 15.0. The first-order chi connectivity index (χ1) is 7.25. The SMILES string of the molecule is Cc1cn(C2CC(C)C2)c2ccncc12. The minimum Gasteiger partial charge on any atom is -0.344 e. The second-order valence-corrected chi connectivity index (χ2v) is 4.84. The van der Waals surface area contributed by atoms with Gasteiger partial charge in [0, 0.05) is 30.0 Å². The zero-order valence-electron chi connectivity index (χ0n) is 9.27. The monoisotopic (exact) mass is 200 g/mol. The summed E-state index contributed by atoms with van der Waals surface area (Å²) in [7, 11) is 0. The van der Waals surface area contributed by atoms with Crippen molar-refractivity contribution in [1.29, 1.82) is 0 Å². The van der Waals surface area contributed by atoms with Crippen LogP contribution in [0.4, 0.5) is 0 Å². The maximum absolute atomic E-state index is 4.19. The van der Waals surface area contributed by atoms with Crippen molar-refractivity contribution < 1.29 is 0 Å². The Hall–Kier alpha value is -1.31. The Morgan fingerprint density at radius 2 is 2.20 bits per heavy atom. The lowest BCUT2D eigenvalue weighted by Crippen LogP contribution is -2.23. The van der Waals surface area contributed by atoms with Gasteiger partial charge < -0.3 is 4.57 Å².